The molecule has 2 amide bonds. The number of aromatic nitrogens is 1. The number of benzene rings is 3. The van der Waals surface area contributed by atoms with Gasteiger partial charge in [0, 0.05) is 29.1 Å². The molecule has 9 heteroatoms. The van der Waals surface area contributed by atoms with Crippen LogP contribution in [0.25, 0.3) is 0 Å². The molecule has 2 N–H and O–H groups in total. The minimum atomic E-state index is -4.48. The number of carbonyl (C=O) groups is 1. The first-order valence-electron chi connectivity index (χ1n) is 12.2. The van der Waals surface area contributed by atoms with Gasteiger partial charge in [0.05, 0.1) is 5.56 Å². The molecule has 4 rings (SSSR count). The number of urea groups is 1. The molecule has 0 saturated heterocycles. The van der Waals surface area contributed by atoms with Crippen LogP contribution in [0.2, 0.25) is 0 Å². The van der Waals surface area contributed by atoms with Crippen molar-refractivity contribution in [3.63, 3.8) is 0 Å². The molecule has 0 atom stereocenters. The van der Waals surface area contributed by atoms with Crippen LogP contribution in [0, 0.1) is 0 Å². The summed E-state index contributed by atoms with van der Waals surface area (Å²) in [6.07, 6.45) is -2.92. The van der Waals surface area contributed by atoms with Gasteiger partial charge in [0.2, 0.25) is 5.88 Å². The molecule has 0 fully saturated rings. The van der Waals surface area contributed by atoms with Crippen molar-refractivity contribution in [2.24, 2.45) is 0 Å². The maximum absolute atomic E-state index is 13.3. The molecule has 3 aromatic carbocycles. The van der Waals surface area contributed by atoms with E-state index in [2.05, 4.69) is 36.4 Å². The van der Waals surface area contributed by atoms with Crippen LogP contribution in [0.5, 0.6) is 17.4 Å². The van der Waals surface area contributed by atoms with Gasteiger partial charge in [-0.05, 0) is 41.8 Å². The molecule has 1 heterocycles. The zero-order valence-electron chi connectivity index (χ0n) is 21.7. The van der Waals surface area contributed by atoms with Crippen molar-refractivity contribution < 1.29 is 27.4 Å². The fourth-order valence-corrected chi connectivity index (χ4v) is 3.88. The Morgan fingerprint density at radius 1 is 0.846 bits per heavy atom. The number of hydrogen-bond donors (Lipinski definition) is 2. The number of alkyl halides is 3. The lowest BCUT2D eigenvalue weighted by Crippen LogP contribution is -2.20. The predicted molar refractivity (Wildman–Crippen MR) is 144 cm³/mol. The van der Waals surface area contributed by atoms with Crippen molar-refractivity contribution in [3.8, 4) is 17.4 Å². The third kappa shape index (κ3) is 7.28. The second kappa shape index (κ2) is 11.5. The van der Waals surface area contributed by atoms with Gasteiger partial charge in [-0.1, -0.05) is 63.2 Å². The van der Waals surface area contributed by atoms with Gasteiger partial charge < -0.3 is 20.1 Å². The molecule has 4 aromatic rings. The molecule has 0 bridgehead atoms. The van der Waals surface area contributed by atoms with Crippen molar-refractivity contribution >= 4 is 17.4 Å². The SMILES string of the molecule is CC(C)(C)c1ccccc1Oc1ncccc1NC(=O)Nc1cccc(OCc2ccccc2C(F)(F)F)c1. The highest BCUT2D eigenvalue weighted by Gasteiger charge is 2.33. The van der Waals surface area contributed by atoms with Crippen LogP contribution in [0.4, 0.5) is 29.3 Å². The van der Waals surface area contributed by atoms with Crippen molar-refractivity contribution in [3.05, 3.63) is 108 Å². The summed E-state index contributed by atoms with van der Waals surface area (Å²) in [6, 6.07) is 22.0. The molecular formula is C30H28F3N3O3. The summed E-state index contributed by atoms with van der Waals surface area (Å²) in [4.78, 5) is 17.1. The fraction of sp³-hybridized carbons (Fsp3) is 0.200. The normalized spacial score (nSPS) is 11.5. The van der Waals surface area contributed by atoms with Crippen molar-refractivity contribution in [2.45, 2.75) is 39.0 Å². The summed E-state index contributed by atoms with van der Waals surface area (Å²) >= 11 is 0. The Hall–Kier alpha value is -4.53. The standard InChI is InChI=1S/C30H28F3N3O3/c1-29(2,3)24-14-6-7-16-26(24)39-27-25(15-9-17-34-27)36-28(37)35-21-11-8-12-22(18-21)38-19-20-10-4-5-13-23(20)30(31,32)33/h4-18H,19H2,1-3H3,(H2,35,36,37). The van der Waals surface area contributed by atoms with Crippen molar-refractivity contribution in [2.75, 3.05) is 10.6 Å². The summed E-state index contributed by atoms with van der Waals surface area (Å²) in [5.41, 5.74) is 0.823. The first kappa shape index (κ1) is 27.5. The lowest BCUT2D eigenvalue weighted by atomic mass is 9.86. The van der Waals surface area contributed by atoms with Gasteiger partial charge >= 0.3 is 12.2 Å². The largest absolute Gasteiger partial charge is 0.489 e. The average Bonchev–Trinajstić information content (AvgIpc) is 2.88. The maximum Gasteiger partial charge on any atom is 0.416 e. The Morgan fingerprint density at radius 2 is 1.56 bits per heavy atom. The van der Waals surface area contributed by atoms with Crippen LogP contribution in [0.1, 0.15) is 37.5 Å². The number of carbonyl (C=O) groups excluding carboxylic acids is 1. The number of ether oxygens (including phenoxy) is 2. The molecule has 0 aliphatic heterocycles. The molecule has 0 aliphatic carbocycles. The first-order chi connectivity index (χ1) is 18.5. The highest BCUT2D eigenvalue weighted by molar-refractivity contribution is 6.00. The van der Waals surface area contributed by atoms with Gasteiger partial charge in [-0.3, -0.25) is 0 Å². The molecule has 0 unspecified atom stereocenters. The molecule has 6 nitrogen and oxygen atoms in total. The topological polar surface area (TPSA) is 72.5 Å². The van der Waals surface area contributed by atoms with Gasteiger partial charge in [-0.2, -0.15) is 13.2 Å². The Morgan fingerprint density at radius 3 is 2.31 bits per heavy atom. The molecule has 0 spiro atoms. The zero-order chi connectivity index (χ0) is 28.0. The van der Waals surface area contributed by atoms with Crippen LogP contribution >= 0.6 is 0 Å². The highest BCUT2D eigenvalue weighted by atomic mass is 19.4. The maximum atomic E-state index is 13.3. The molecule has 0 aliphatic rings. The van der Waals surface area contributed by atoms with E-state index in [0.717, 1.165) is 11.6 Å². The zero-order valence-corrected chi connectivity index (χ0v) is 21.7. The van der Waals surface area contributed by atoms with Crippen LogP contribution < -0.4 is 20.1 Å². The summed E-state index contributed by atoms with van der Waals surface area (Å²) in [5.74, 6) is 1.16. The number of halogens is 3. The second-order valence-corrected chi connectivity index (χ2v) is 9.75. The molecule has 1 aromatic heterocycles. The van der Waals surface area contributed by atoms with Crippen LogP contribution in [-0.4, -0.2) is 11.0 Å². The van der Waals surface area contributed by atoms with E-state index in [1.54, 1.807) is 36.5 Å². The van der Waals surface area contributed by atoms with Crippen molar-refractivity contribution in [1.29, 1.82) is 0 Å². The number of hydrogen-bond acceptors (Lipinski definition) is 4. The predicted octanol–water partition coefficient (Wildman–Crippen LogP) is 8.41. The average molecular weight is 536 g/mol. The number of nitrogens with one attached hydrogen (secondary N) is 2. The minimum Gasteiger partial charge on any atom is -0.489 e. The molecule has 39 heavy (non-hydrogen) atoms. The van der Waals surface area contributed by atoms with E-state index in [9.17, 15) is 18.0 Å². The fourth-order valence-electron chi connectivity index (χ4n) is 3.88. The lowest BCUT2D eigenvalue weighted by Gasteiger charge is -2.22. The third-order valence-electron chi connectivity index (χ3n) is 5.73. The highest BCUT2D eigenvalue weighted by Crippen LogP contribution is 2.36. The number of nitrogens with zero attached hydrogens (tertiary/aromatic N) is 1. The van der Waals surface area contributed by atoms with Gasteiger partial charge in [-0.15, -0.1) is 0 Å². The van der Waals surface area contributed by atoms with Crippen LogP contribution in [0.3, 0.4) is 0 Å². The van der Waals surface area contributed by atoms with Gasteiger partial charge in [0.1, 0.15) is 23.8 Å². The van der Waals surface area contributed by atoms with Gasteiger partial charge in [0.25, 0.3) is 0 Å². The van der Waals surface area contributed by atoms with E-state index in [-0.39, 0.29) is 23.5 Å². The lowest BCUT2D eigenvalue weighted by molar-refractivity contribution is -0.138. The van der Waals surface area contributed by atoms with Crippen molar-refractivity contribution in [1.82, 2.24) is 4.98 Å². The van der Waals surface area contributed by atoms with Gasteiger partial charge in [-0.25, -0.2) is 9.78 Å². The van der Waals surface area contributed by atoms with Gasteiger partial charge in [0.15, 0.2) is 0 Å². The van der Waals surface area contributed by atoms with E-state index >= 15 is 0 Å². The number of amides is 2. The summed E-state index contributed by atoms with van der Waals surface area (Å²) < 4.78 is 51.5. The first-order valence-corrected chi connectivity index (χ1v) is 12.2. The minimum absolute atomic E-state index is 0.0123. The number of anilines is 2. The van der Waals surface area contributed by atoms with Crippen LogP contribution in [-0.2, 0) is 18.2 Å². The van der Waals surface area contributed by atoms with Crippen LogP contribution in [0.15, 0.2) is 91.1 Å². The molecular weight excluding hydrogens is 507 g/mol. The number of rotatable bonds is 7. The molecule has 0 saturated carbocycles. The summed E-state index contributed by atoms with van der Waals surface area (Å²) in [6.45, 7) is 5.95. The monoisotopic (exact) mass is 535 g/mol. The number of para-hydroxylation sites is 1. The summed E-state index contributed by atoms with van der Waals surface area (Å²) in [7, 11) is 0. The van der Waals surface area contributed by atoms with E-state index in [1.165, 1.54) is 24.3 Å². The van der Waals surface area contributed by atoms with E-state index in [0.29, 0.717) is 22.9 Å². The molecule has 202 valence electrons. The smallest absolute Gasteiger partial charge is 0.416 e. The molecule has 0 radical (unpaired) electrons. The van der Waals surface area contributed by atoms with E-state index < -0.39 is 17.8 Å². The Bertz CT molecular complexity index is 1450. The van der Waals surface area contributed by atoms with E-state index in [1.807, 2.05) is 24.3 Å². The quantitative estimate of drug-likeness (QED) is 0.249. The number of pyridine rings is 1. The third-order valence-corrected chi connectivity index (χ3v) is 5.73. The summed E-state index contributed by atoms with van der Waals surface area (Å²) in [5, 5.41) is 5.43. The van der Waals surface area contributed by atoms with E-state index in [4.69, 9.17) is 9.47 Å². The Balaban J connectivity index is 1.43. The Labute approximate surface area is 224 Å². The second-order valence-electron chi connectivity index (χ2n) is 9.75. The Kier molecular flexibility index (Phi) is 8.09.